The van der Waals surface area contributed by atoms with Gasteiger partial charge in [-0.2, -0.15) is 5.26 Å². The van der Waals surface area contributed by atoms with Crippen molar-refractivity contribution in [3.05, 3.63) is 64.5 Å². The first kappa shape index (κ1) is 14.8. The van der Waals surface area contributed by atoms with Crippen molar-refractivity contribution in [1.29, 1.82) is 5.26 Å². The first-order chi connectivity index (χ1) is 9.92. The van der Waals surface area contributed by atoms with Crippen molar-refractivity contribution in [1.82, 2.24) is 0 Å². The summed E-state index contributed by atoms with van der Waals surface area (Å²) in [6, 6.07) is 3.82. The van der Waals surface area contributed by atoms with E-state index in [9.17, 15) is 22.0 Å². The van der Waals surface area contributed by atoms with E-state index in [1.54, 1.807) is 0 Å². The summed E-state index contributed by atoms with van der Waals surface area (Å²) < 4.78 is 66.0. The molecule has 21 heavy (non-hydrogen) atoms. The number of nitrogens with one attached hydrogen (secondary N) is 1. The second-order valence-corrected chi connectivity index (χ2v) is 4.12. The van der Waals surface area contributed by atoms with Gasteiger partial charge in [0, 0.05) is 30.3 Å². The molecular weight excluding hydrogens is 291 g/mol. The van der Waals surface area contributed by atoms with E-state index in [4.69, 9.17) is 5.26 Å². The molecule has 0 spiro atoms. The average molecular weight is 298 g/mol. The summed E-state index contributed by atoms with van der Waals surface area (Å²) in [4.78, 5) is 0. The lowest BCUT2D eigenvalue weighted by molar-refractivity contribution is 0.526. The molecule has 0 bridgehead atoms. The van der Waals surface area contributed by atoms with E-state index in [0.29, 0.717) is 18.2 Å². The van der Waals surface area contributed by atoms with Gasteiger partial charge in [0.15, 0.2) is 0 Å². The van der Waals surface area contributed by atoms with Crippen molar-refractivity contribution in [3.8, 4) is 6.07 Å². The van der Waals surface area contributed by atoms with E-state index in [1.807, 2.05) is 0 Å². The van der Waals surface area contributed by atoms with Crippen molar-refractivity contribution >= 4 is 5.69 Å². The molecule has 0 atom stereocenters. The maximum absolute atomic E-state index is 13.4. The van der Waals surface area contributed by atoms with Crippen LogP contribution in [0.15, 0.2) is 24.3 Å². The van der Waals surface area contributed by atoms with Gasteiger partial charge >= 0.3 is 0 Å². The Balaban J connectivity index is 2.31. The minimum atomic E-state index is -1.14. The van der Waals surface area contributed by atoms with Crippen LogP contribution >= 0.6 is 0 Å². The highest BCUT2D eigenvalue weighted by molar-refractivity contribution is 5.58. The zero-order valence-electron chi connectivity index (χ0n) is 10.4. The van der Waals surface area contributed by atoms with E-state index in [2.05, 4.69) is 5.32 Å². The van der Waals surface area contributed by atoms with Gasteiger partial charge in [-0.3, -0.25) is 0 Å². The van der Waals surface area contributed by atoms with Gasteiger partial charge < -0.3 is 5.32 Å². The number of nitriles is 1. The number of nitrogens with zero attached hydrogens (tertiary/aromatic N) is 1. The van der Waals surface area contributed by atoms with Crippen LogP contribution in [0.3, 0.4) is 0 Å². The zero-order chi connectivity index (χ0) is 15.6. The molecule has 0 fully saturated rings. The van der Waals surface area contributed by atoms with Gasteiger partial charge in [0.2, 0.25) is 0 Å². The van der Waals surface area contributed by atoms with Crippen LogP contribution in [0, 0.1) is 40.4 Å². The quantitative estimate of drug-likeness (QED) is 0.873. The molecule has 2 rings (SSSR count). The van der Waals surface area contributed by atoms with Crippen LogP contribution in [0.1, 0.15) is 11.1 Å². The maximum atomic E-state index is 13.4. The predicted molar refractivity (Wildman–Crippen MR) is 64.7 cm³/mol. The van der Waals surface area contributed by atoms with Crippen LogP contribution in [0.25, 0.3) is 0 Å². The van der Waals surface area contributed by atoms with Crippen LogP contribution in [0.4, 0.5) is 27.6 Å². The van der Waals surface area contributed by atoms with Crippen molar-refractivity contribution in [2.45, 2.75) is 6.54 Å². The molecular formula is C14H7F5N2. The molecule has 0 aliphatic carbocycles. The second kappa shape index (κ2) is 5.79. The van der Waals surface area contributed by atoms with Gasteiger partial charge in [-0.1, -0.05) is 0 Å². The Hall–Kier alpha value is -2.62. The Labute approximate surface area is 116 Å². The molecule has 1 N–H and O–H groups in total. The van der Waals surface area contributed by atoms with Gasteiger partial charge in [0.25, 0.3) is 0 Å². The van der Waals surface area contributed by atoms with Crippen LogP contribution in [-0.2, 0) is 6.54 Å². The number of benzene rings is 2. The number of rotatable bonds is 3. The summed E-state index contributed by atoms with van der Waals surface area (Å²) in [5, 5.41) is 11.1. The Morgan fingerprint density at radius 2 is 1.38 bits per heavy atom. The molecule has 0 aliphatic heterocycles. The fourth-order valence-electron chi connectivity index (χ4n) is 1.75. The van der Waals surface area contributed by atoms with E-state index in [-0.39, 0.29) is 5.69 Å². The Morgan fingerprint density at radius 1 is 0.857 bits per heavy atom. The van der Waals surface area contributed by atoms with Crippen molar-refractivity contribution in [3.63, 3.8) is 0 Å². The minimum absolute atomic E-state index is 0.252. The third-order valence-corrected chi connectivity index (χ3v) is 2.73. The molecule has 2 aromatic rings. The van der Waals surface area contributed by atoms with Gasteiger partial charge in [0.05, 0.1) is 5.69 Å². The normalized spacial score (nSPS) is 10.3. The largest absolute Gasteiger partial charge is 0.380 e. The monoisotopic (exact) mass is 298 g/mol. The van der Waals surface area contributed by atoms with E-state index in [1.165, 1.54) is 6.07 Å². The molecule has 0 saturated heterocycles. The molecule has 0 saturated carbocycles. The van der Waals surface area contributed by atoms with Crippen LogP contribution in [0.5, 0.6) is 0 Å². The molecule has 0 radical (unpaired) electrons. The molecule has 2 nitrogen and oxygen atoms in total. The smallest absolute Gasteiger partial charge is 0.145 e. The maximum Gasteiger partial charge on any atom is 0.145 e. The number of hydrogen-bond acceptors (Lipinski definition) is 2. The highest BCUT2D eigenvalue weighted by atomic mass is 19.2. The zero-order valence-corrected chi connectivity index (χ0v) is 10.4. The molecule has 7 heteroatoms. The predicted octanol–water partition coefficient (Wildman–Crippen LogP) is 3.87. The lowest BCUT2D eigenvalue weighted by Crippen LogP contribution is -2.07. The Kier molecular flexibility index (Phi) is 4.08. The standard InChI is InChI=1S/C14H7F5N2/c15-7-1-12(18)10(13(19)2-7)6-21-14-4-8(16)3-11(17)9(14)5-20/h1-4,21H,6H2. The first-order valence-corrected chi connectivity index (χ1v) is 5.69. The SMILES string of the molecule is N#Cc1c(F)cc(F)cc1NCc1c(F)cc(F)cc1F. The molecule has 0 amide bonds. The van der Waals surface area contributed by atoms with Gasteiger partial charge in [0.1, 0.15) is 40.7 Å². The number of anilines is 1. The summed E-state index contributed by atoms with van der Waals surface area (Å²) in [5.41, 5.74) is -1.25. The second-order valence-electron chi connectivity index (χ2n) is 4.12. The van der Waals surface area contributed by atoms with Crippen LogP contribution in [-0.4, -0.2) is 0 Å². The summed E-state index contributed by atoms with van der Waals surface area (Å²) in [7, 11) is 0. The molecule has 0 aromatic heterocycles. The lowest BCUT2D eigenvalue weighted by Gasteiger charge is -2.10. The minimum Gasteiger partial charge on any atom is -0.380 e. The average Bonchev–Trinajstić information content (AvgIpc) is 2.36. The number of halogens is 5. The molecule has 108 valence electrons. The lowest BCUT2D eigenvalue weighted by atomic mass is 10.1. The van der Waals surface area contributed by atoms with Crippen LogP contribution < -0.4 is 5.32 Å². The Morgan fingerprint density at radius 3 is 1.95 bits per heavy atom. The van der Waals surface area contributed by atoms with Gasteiger partial charge in [-0.05, 0) is 6.07 Å². The fourth-order valence-corrected chi connectivity index (χ4v) is 1.75. The van der Waals surface area contributed by atoms with E-state index >= 15 is 0 Å². The van der Waals surface area contributed by atoms with Crippen LogP contribution in [0.2, 0.25) is 0 Å². The molecule has 0 unspecified atom stereocenters. The Bertz CT molecular complexity index is 714. The highest BCUT2D eigenvalue weighted by Gasteiger charge is 2.14. The van der Waals surface area contributed by atoms with Gasteiger partial charge in [-0.25, -0.2) is 22.0 Å². The summed E-state index contributed by atoms with van der Waals surface area (Å²) >= 11 is 0. The highest BCUT2D eigenvalue weighted by Crippen LogP contribution is 2.22. The van der Waals surface area contributed by atoms with Crippen molar-refractivity contribution in [2.75, 3.05) is 5.32 Å². The summed E-state index contributed by atoms with van der Waals surface area (Å²) in [6.07, 6.45) is 0. The summed E-state index contributed by atoms with van der Waals surface area (Å²) in [6.45, 7) is -0.504. The van der Waals surface area contributed by atoms with Crippen molar-refractivity contribution in [2.24, 2.45) is 0 Å². The van der Waals surface area contributed by atoms with E-state index in [0.717, 1.165) is 6.07 Å². The van der Waals surface area contributed by atoms with Crippen molar-refractivity contribution < 1.29 is 22.0 Å². The number of hydrogen-bond donors (Lipinski definition) is 1. The third-order valence-electron chi connectivity index (χ3n) is 2.73. The topological polar surface area (TPSA) is 35.8 Å². The summed E-state index contributed by atoms with van der Waals surface area (Å²) in [5.74, 6) is -5.41. The van der Waals surface area contributed by atoms with E-state index < -0.39 is 46.8 Å². The van der Waals surface area contributed by atoms with Gasteiger partial charge in [-0.15, -0.1) is 0 Å². The fraction of sp³-hybridized carbons (Fsp3) is 0.0714. The molecule has 0 heterocycles. The third kappa shape index (κ3) is 3.11. The first-order valence-electron chi connectivity index (χ1n) is 5.69. The molecule has 0 aliphatic rings. The molecule has 2 aromatic carbocycles.